The van der Waals surface area contributed by atoms with Gasteiger partial charge in [-0.05, 0) is 12.1 Å². The lowest BCUT2D eigenvalue weighted by molar-refractivity contribution is 0.426. The van der Waals surface area contributed by atoms with Crippen molar-refractivity contribution in [3.63, 3.8) is 0 Å². The summed E-state index contributed by atoms with van der Waals surface area (Å²) in [5.74, 6) is 0. The van der Waals surface area contributed by atoms with Crippen molar-refractivity contribution in [1.29, 1.82) is 0 Å². The highest BCUT2D eigenvalue weighted by Crippen LogP contribution is 2.28. The van der Waals surface area contributed by atoms with E-state index in [4.69, 9.17) is 4.74 Å². The van der Waals surface area contributed by atoms with Gasteiger partial charge >= 0.3 is 0 Å². The highest BCUT2D eigenvalue weighted by Gasteiger charge is 2.03. The van der Waals surface area contributed by atoms with Gasteiger partial charge in [0, 0.05) is 18.0 Å². The maximum absolute atomic E-state index is 5.05. The van der Waals surface area contributed by atoms with Crippen LogP contribution in [0.3, 0.4) is 0 Å². The minimum absolute atomic E-state index is 0.818. The van der Waals surface area contributed by atoms with Gasteiger partial charge in [-0.15, -0.1) is 0 Å². The number of methoxy groups -OCH3 is 1. The summed E-state index contributed by atoms with van der Waals surface area (Å²) in [6.07, 6.45) is 5.25. The number of nitrogens with zero attached hydrogens (tertiary/aromatic N) is 2. The van der Waals surface area contributed by atoms with Crippen molar-refractivity contribution in [2.45, 2.75) is 0 Å². The first-order chi connectivity index (χ1) is 6.40. The summed E-state index contributed by atoms with van der Waals surface area (Å²) in [7, 11) is 1.64. The zero-order valence-electron chi connectivity index (χ0n) is 7.10. The molecular weight excluding hydrogens is 184 g/mol. The van der Waals surface area contributed by atoms with Gasteiger partial charge in [0.05, 0.1) is 13.3 Å². The second kappa shape index (κ2) is 3.53. The molecule has 4 heteroatoms. The minimum atomic E-state index is 0.818. The molecule has 0 aliphatic heterocycles. The monoisotopic (exact) mass is 192 g/mol. The van der Waals surface area contributed by atoms with E-state index < -0.39 is 0 Å². The second-order valence-corrected chi connectivity index (χ2v) is 3.42. The molecule has 2 heterocycles. The summed E-state index contributed by atoms with van der Waals surface area (Å²) in [4.78, 5) is 8.23. The normalized spacial score (nSPS) is 9.92. The molecule has 0 aromatic carbocycles. The average Bonchev–Trinajstić information content (AvgIpc) is 2.67. The van der Waals surface area contributed by atoms with Crippen molar-refractivity contribution >= 4 is 11.3 Å². The predicted octanol–water partition coefficient (Wildman–Crippen LogP) is 2.21. The van der Waals surface area contributed by atoms with E-state index >= 15 is 0 Å². The summed E-state index contributed by atoms with van der Waals surface area (Å²) in [6, 6.07) is 3.87. The van der Waals surface area contributed by atoms with Crippen LogP contribution in [-0.2, 0) is 0 Å². The summed E-state index contributed by atoms with van der Waals surface area (Å²) in [6.45, 7) is 0. The Hall–Kier alpha value is -1.42. The summed E-state index contributed by atoms with van der Waals surface area (Å²) in [5, 5.41) is 1.75. The van der Waals surface area contributed by atoms with Gasteiger partial charge in [0.1, 0.15) is 5.01 Å². The lowest BCUT2D eigenvalue weighted by atomic mass is 10.3. The standard InChI is InChI=1S/C9H8N2OS/c1-12-8-6-11-9(13-8)7-3-2-4-10-5-7/h2-6H,1H3. The Morgan fingerprint density at radius 2 is 2.31 bits per heavy atom. The Bertz CT molecular complexity index is 386. The Morgan fingerprint density at radius 3 is 2.92 bits per heavy atom. The van der Waals surface area contributed by atoms with E-state index in [-0.39, 0.29) is 0 Å². The first-order valence-corrected chi connectivity index (χ1v) is 4.62. The maximum Gasteiger partial charge on any atom is 0.194 e. The Balaban J connectivity index is 2.36. The molecule has 13 heavy (non-hydrogen) atoms. The molecule has 0 unspecified atom stereocenters. The van der Waals surface area contributed by atoms with E-state index in [2.05, 4.69) is 9.97 Å². The second-order valence-electron chi connectivity index (χ2n) is 2.43. The van der Waals surface area contributed by atoms with Crippen LogP contribution < -0.4 is 4.74 Å². The van der Waals surface area contributed by atoms with Crippen LogP contribution in [0.2, 0.25) is 0 Å². The topological polar surface area (TPSA) is 35.0 Å². The molecule has 0 aliphatic carbocycles. The van der Waals surface area contributed by atoms with Crippen molar-refractivity contribution in [3.8, 4) is 15.6 Å². The van der Waals surface area contributed by atoms with Gasteiger partial charge in [0.2, 0.25) is 0 Å². The Kier molecular flexibility index (Phi) is 2.23. The molecule has 2 rings (SSSR count). The van der Waals surface area contributed by atoms with Crippen LogP contribution in [0.4, 0.5) is 0 Å². The van der Waals surface area contributed by atoms with E-state index in [0.717, 1.165) is 15.6 Å². The molecule has 0 radical (unpaired) electrons. The number of rotatable bonds is 2. The van der Waals surface area contributed by atoms with Gasteiger partial charge in [-0.2, -0.15) is 0 Å². The van der Waals surface area contributed by atoms with Gasteiger partial charge in [-0.25, -0.2) is 4.98 Å². The quantitative estimate of drug-likeness (QED) is 0.731. The third-order valence-electron chi connectivity index (χ3n) is 1.59. The summed E-state index contributed by atoms with van der Waals surface area (Å²) < 4.78 is 5.05. The van der Waals surface area contributed by atoms with Crippen LogP contribution in [0, 0.1) is 0 Å². The molecule has 2 aromatic heterocycles. The molecule has 0 saturated heterocycles. The molecule has 0 N–H and O–H groups in total. The van der Waals surface area contributed by atoms with Crippen molar-refractivity contribution < 1.29 is 4.74 Å². The number of hydrogen-bond donors (Lipinski definition) is 0. The first-order valence-electron chi connectivity index (χ1n) is 3.80. The highest BCUT2D eigenvalue weighted by atomic mass is 32.1. The number of hydrogen-bond acceptors (Lipinski definition) is 4. The summed E-state index contributed by atoms with van der Waals surface area (Å²) >= 11 is 1.51. The fraction of sp³-hybridized carbons (Fsp3) is 0.111. The fourth-order valence-electron chi connectivity index (χ4n) is 0.976. The SMILES string of the molecule is COc1cnc(-c2cccnc2)s1. The predicted molar refractivity (Wildman–Crippen MR) is 51.9 cm³/mol. The highest BCUT2D eigenvalue weighted by molar-refractivity contribution is 7.16. The van der Waals surface area contributed by atoms with Crippen molar-refractivity contribution in [3.05, 3.63) is 30.7 Å². The third-order valence-corrected chi connectivity index (χ3v) is 2.60. The zero-order valence-corrected chi connectivity index (χ0v) is 7.91. The van der Waals surface area contributed by atoms with Crippen molar-refractivity contribution in [1.82, 2.24) is 9.97 Å². The van der Waals surface area contributed by atoms with Crippen LogP contribution in [0.15, 0.2) is 30.7 Å². The van der Waals surface area contributed by atoms with Crippen LogP contribution in [-0.4, -0.2) is 17.1 Å². The molecule has 0 fully saturated rings. The minimum Gasteiger partial charge on any atom is -0.486 e. The smallest absolute Gasteiger partial charge is 0.194 e. The number of aromatic nitrogens is 2. The molecule has 0 spiro atoms. The van der Waals surface area contributed by atoms with Gasteiger partial charge in [-0.1, -0.05) is 11.3 Å². The molecule has 0 bridgehead atoms. The molecule has 0 amide bonds. The molecule has 3 nitrogen and oxygen atoms in total. The van der Waals surface area contributed by atoms with Gasteiger partial charge < -0.3 is 4.74 Å². The van der Waals surface area contributed by atoms with E-state index in [0.29, 0.717) is 0 Å². The van der Waals surface area contributed by atoms with Gasteiger partial charge in [0.15, 0.2) is 5.06 Å². The van der Waals surface area contributed by atoms with E-state index in [1.165, 1.54) is 11.3 Å². The molecule has 66 valence electrons. The Morgan fingerprint density at radius 1 is 1.38 bits per heavy atom. The lowest BCUT2D eigenvalue weighted by Gasteiger charge is -1.92. The zero-order chi connectivity index (χ0) is 9.10. The molecule has 0 saturated carbocycles. The van der Waals surface area contributed by atoms with Crippen LogP contribution in [0.1, 0.15) is 0 Å². The van der Waals surface area contributed by atoms with Gasteiger partial charge in [0.25, 0.3) is 0 Å². The molecule has 0 aliphatic rings. The lowest BCUT2D eigenvalue weighted by Crippen LogP contribution is -1.75. The van der Waals surface area contributed by atoms with E-state index in [1.54, 1.807) is 25.7 Å². The fourth-order valence-corrected chi connectivity index (χ4v) is 1.70. The average molecular weight is 192 g/mol. The van der Waals surface area contributed by atoms with E-state index in [1.807, 2.05) is 12.1 Å². The maximum atomic E-state index is 5.05. The van der Waals surface area contributed by atoms with Crippen LogP contribution in [0.25, 0.3) is 10.6 Å². The van der Waals surface area contributed by atoms with E-state index in [9.17, 15) is 0 Å². The van der Waals surface area contributed by atoms with Crippen LogP contribution in [0.5, 0.6) is 5.06 Å². The molecular formula is C9H8N2OS. The van der Waals surface area contributed by atoms with Crippen molar-refractivity contribution in [2.75, 3.05) is 7.11 Å². The first kappa shape index (κ1) is 8.19. The van der Waals surface area contributed by atoms with Crippen molar-refractivity contribution in [2.24, 2.45) is 0 Å². The number of pyridine rings is 1. The largest absolute Gasteiger partial charge is 0.486 e. The van der Waals surface area contributed by atoms with Crippen LogP contribution >= 0.6 is 11.3 Å². The molecule has 0 atom stereocenters. The molecule has 2 aromatic rings. The number of thiazole rings is 1. The Labute approximate surface area is 80.0 Å². The van der Waals surface area contributed by atoms with Gasteiger partial charge in [-0.3, -0.25) is 4.98 Å². The third kappa shape index (κ3) is 1.67. The summed E-state index contributed by atoms with van der Waals surface area (Å²) in [5.41, 5.74) is 1.02. The number of ether oxygens (including phenoxy) is 1.